The van der Waals surface area contributed by atoms with Crippen molar-refractivity contribution in [3.05, 3.63) is 0 Å². The van der Waals surface area contributed by atoms with Crippen LogP contribution in [0.3, 0.4) is 0 Å². The summed E-state index contributed by atoms with van der Waals surface area (Å²) < 4.78 is 21.7. The first-order valence-electron chi connectivity index (χ1n) is 3.73. The van der Waals surface area contributed by atoms with Crippen LogP contribution in [0.1, 0.15) is 26.7 Å². The molecule has 0 aromatic heterocycles. The van der Waals surface area contributed by atoms with Gasteiger partial charge in [-0.1, -0.05) is 13.8 Å². The predicted molar refractivity (Wildman–Crippen MR) is 45.5 cm³/mol. The number of rotatable bonds is 3. The van der Waals surface area contributed by atoms with E-state index >= 15 is 0 Å². The summed E-state index contributed by atoms with van der Waals surface area (Å²) in [4.78, 5) is 22.0. The van der Waals surface area contributed by atoms with Gasteiger partial charge in [0.05, 0.1) is 0 Å². The van der Waals surface area contributed by atoms with Gasteiger partial charge < -0.3 is 0 Å². The van der Waals surface area contributed by atoms with Crippen LogP contribution in [-0.4, -0.2) is 24.5 Å². The van der Waals surface area contributed by atoms with Gasteiger partial charge in [-0.15, -0.1) is 0 Å². The van der Waals surface area contributed by atoms with Gasteiger partial charge in [-0.3, -0.25) is 9.59 Å². The van der Waals surface area contributed by atoms with Crippen molar-refractivity contribution in [3.8, 4) is 0 Å². The Hall–Kier alpha value is -0.950. The van der Waals surface area contributed by atoms with Crippen molar-refractivity contribution in [2.75, 3.05) is 0 Å². The second kappa shape index (κ2) is 4.33. The zero-order valence-electron chi connectivity index (χ0n) is 7.48. The third-order valence-electron chi connectivity index (χ3n) is 1.31. The van der Waals surface area contributed by atoms with Gasteiger partial charge in [-0.05, 0) is 0 Å². The van der Waals surface area contributed by atoms with E-state index in [1.54, 1.807) is 0 Å². The zero-order valence-corrected chi connectivity index (χ0v) is 8.30. The lowest BCUT2D eigenvalue weighted by Crippen LogP contribution is -2.44. The average Bonchev–Trinajstić information content (AvgIpc) is 2.01. The van der Waals surface area contributed by atoms with E-state index in [9.17, 15) is 18.0 Å². The molecule has 0 saturated carbocycles. The maximum atomic E-state index is 11.0. The van der Waals surface area contributed by atoms with Crippen LogP contribution in [0.15, 0.2) is 0 Å². The fourth-order valence-corrected chi connectivity index (χ4v) is 1.54. The van der Waals surface area contributed by atoms with Crippen LogP contribution in [0.2, 0.25) is 0 Å². The summed E-state index contributed by atoms with van der Waals surface area (Å²) in [6, 6.07) is 0. The van der Waals surface area contributed by atoms with Gasteiger partial charge in [0.15, 0.2) is 0 Å². The molecule has 0 rings (SSSR count). The van der Waals surface area contributed by atoms with E-state index in [1.165, 1.54) is 13.8 Å². The van der Waals surface area contributed by atoms with Crippen molar-refractivity contribution in [3.63, 3.8) is 0 Å². The van der Waals surface area contributed by atoms with Crippen LogP contribution in [0.4, 0.5) is 0 Å². The van der Waals surface area contributed by atoms with E-state index in [0.29, 0.717) is 0 Å². The van der Waals surface area contributed by atoms with E-state index in [1.807, 2.05) is 0 Å². The normalized spacial score (nSPS) is 11.0. The third kappa shape index (κ3) is 3.11. The molecule has 0 aliphatic carbocycles. The maximum Gasteiger partial charge on any atom is 0.307 e. The molecule has 0 heterocycles. The SMILES string of the molecule is CCC(=O)N(C(=O)CC)S(N)(=O)=O. The Bertz CT molecular complexity index is 293. The van der Waals surface area contributed by atoms with E-state index < -0.39 is 22.0 Å². The van der Waals surface area contributed by atoms with Gasteiger partial charge in [0.25, 0.3) is 0 Å². The lowest BCUT2D eigenvalue weighted by molar-refractivity contribution is -0.138. The van der Waals surface area contributed by atoms with E-state index in [-0.39, 0.29) is 17.1 Å². The summed E-state index contributed by atoms with van der Waals surface area (Å²) in [5, 5.41) is 4.69. The molecule has 0 aliphatic heterocycles. The highest BCUT2D eigenvalue weighted by molar-refractivity contribution is 7.87. The van der Waals surface area contributed by atoms with Crippen molar-refractivity contribution < 1.29 is 18.0 Å². The molecule has 0 aromatic carbocycles. The number of nitrogens with zero attached hydrogens (tertiary/aromatic N) is 1. The molecular weight excluding hydrogens is 196 g/mol. The maximum absolute atomic E-state index is 11.0. The second-order valence-corrected chi connectivity index (χ2v) is 3.70. The molecule has 0 fully saturated rings. The summed E-state index contributed by atoms with van der Waals surface area (Å²) in [7, 11) is -4.25. The molecule has 0 aliphatic rings. The Kier molecular flexibility index (Phi) is 4.02. The van der Waals surface area contributed by atoms with Crippen molar-refractivity contribution >= 4 is 22.0 Å². The lowest BCUT2D eigenvalue weighted by atomic mass is 10.4. The van der Waals surface area contributed by atoms with Crippen LogP contribution >= 0.6 is 0 Å². The van der Waals surface area contributed by atoms with E-state index in [4.69, 9.17) is 0 Å². The molecular formula is C6H12N2O4S. The van der Waals surface area contributed by atoms with Gasteiger partial charge in [-0.25, -0.2) is 5.14 Å². The Morgan fingerprint density at radius 2 is 1.46 bits per heavy atom. The number of carbonyl (C=O) groups is 2. The highest BCUT2D eigenvalue weighted by atomic mass is 32.2. The molecule has 7 heteroatoms. The van der Waals surface area contributed by atoms with Crippen molar-refractivity contribution in [2.24, 2.45) is 5.14 Å². The molecule has 2 amide bonds. The van der Waals surface area contributed by atoms with E-state index in [2.05, 4.69) is 5.14 Å². The predicted octanol–water partition coefficient (Wildman–Crippen LogP) is -0.635. The van der Waals surface area contributed by atoms with Crippen LogP contribution in [0, 0.1) is 0 Å². The minimum Gasteiger partial charge on any atom is -0.273 e. The molecule has 0 saturated heterocycles. The smallest absolute Gasteiger partial charge is 0.273 e. The van der Waals surface area contributed by atoms with Gasteiger partial charge in [0.1, 0.15) is 0 Å². The zero-order chi connectivity index (χ0) is 10.6. The fourth-order valence-electron chi connectivity index (χ4n) is 0.710. The first-order valence-corrected chi connectivity index (χ1v) is 5.23. The molecule has 0 atom stereocenters. The standard InChI is InChI=1S/C6H12N2O4S/c1-3-5(9)8(6(10)4-2)13(7,11)12/h3-4H2,1-2H3,(H2,7,11,12). The van der Waals surface area contributed by atoms with Crippen LogP contribution in [0.25, 0.3) is 0 Å². The topological polar surface area (TPSA) is 97.5 Å². The first-order chi connectivity index (χ1) is 5.84. The largest absolute Gasteiger partial charge is 0.307 e. The van der Waals surface area contributed by atoms with Gasteiger partial charge >= 0.3 is 10.2 Å². The highest BCUT2D eigenvalue weighted by Gasteiger charge is 2.28. The van der Waals surface area contributed by atoms with Gasteiger partial charge in [-0.2, -0.15) is 12.7 Å². The number of nitrogens with two attached hydrogens (primary N) is 1. The molecule has 0 spiro atoms. The first kappa shape index (κ1) is 12.0. The van der Waals surface area contributed by atoms with Crippen LogP contribution < -0.4 is 5.14 Å². The number of amides is 2. The average molecular weight is 208 g/mol. The molecule has 0 aromatic rings. The second-order valence-electron chi connectivity index (χ2n) is 2.30. The highest BCUT2D eigenvalue weighted by Crippen LogP contribution is 2.02. The van der Waals surface area contributed by atoms with Crippen molar-refractivity contribution in [1.82, 2.24) is 4.31 Å². The Morgan fingerprint density at radius 3 is 1.62 bits per heavy atom. The third-order valence-corrected chi connectivity index (χ3v) is 2.23. The fraction of sp³-hybridized carbons (Fsp3) is 0.667. The molecule has 0 bridgehead atoms. The lowest BCUT2D eigenvalue weighted by Gasteiger charge is -2.15. The Balaban J connectivity index is 5.00. The van der Waals surface area contributed by atoms with E-state index in [0.717, 1.165) is 0 Å². The summed E-state index contributed by atoms with van der Waals surface area (Å²) in [5.41, 5.74) is 0. The van der Waals surface area contributed by atoms with Crippen LogP contribution in [0.5, 0.6) is 0 Å². The summed E-state index contributed by atoms with van der Waals surface area (Å²) in [5.74, 6) is -1.62. The molecule has 6 nitrogen and oxygen atoms in total. The van der Waals surface area contributed by atoms with Crippen molar-refractivity contribution in [2.45, 2.75) is 26.7 Å². The number of hydrogen-bond acceptors (Lipinski definition) is 4. The summed E-state index contributed by atoms with van der Waals surface area (Å²) in [6.45, 7) is 2.90. The molecule has 13 heavy (non-hydrogen) atoms. The quantitative estimate of drug-likeness (QED) is 0.667. The van der Waals surface area contributed by atoms with Crippen LogP contribution in [-0.2, 0) is 19.8 Å². The number of hydrogen-bond donors (Lipinski definition) is 1. The minimum absolute atomic E-state index is 0.0812. The van der Waals surface area contributed by atoms with Gasteiger partial charge in [0, 0.05) is 12.8 Å². The monoisotopic (exact) mass is 208 g/mol. The number of imide groups is 1. The van der Waals surface area contributed by atoms with Gasteiger partial charge in [0.2, 0.25) is 11.8 Å². The molecule has 0 unspecified atom stereocenters. The molecule has 0 radical (unpaired) electrons. The number of carbonyl (C=O) groups excluding carboxylic acids is 2. The Labute approximate surface area is 76.9 Å². The molecule has 2 N–H and O–H groups in total. The van der Waals surface area contributed by atoms with Crippen molar-refractivity contribution in [1.29, 1.82) is 0 Å². The minimum atomic E-state index is -4.25. The summed E-state index contributed by atoms with van der Waals surface area (Å²) >= 11 is 0. The summed E-state index contributed by atoms with van der Waals surface area (Å²) in [6.07, 6.45) is -0.162. The Morgan fingerprint density at radius 1 is 1.15 bits per heavy atom. The molecule has 76 valence electrons.